The standard InChI is InChI=1S/C14H22N2OS.ClH/c1-10(2)14(3,9-15)16-13(17)11-5-7-12(18-4)8-6-11;/h5-8,10H,9,15H2,1-4H3,(H,16,17);1H. The van der Waals surface area contributed by atoms with E-state index in [2.05, 4.69) is 19.2 Å². The quantitative estimate of drug-likeness (QED) is 0.822. The monoisotopic (exact) mass is 302 g/mol. The zero-order valence-electron chi connectivity index (χ0n) is 11.9. The molecule has 1 amide bonds. The molecule has 108 valence electrons. The van der Waals surface area contributed by atoms with E-state index in [9.17, 15) is 4.79 Å². The van der Waals surface area contributed by atoms with E-state index >= 15 is 0 Å². The second kappa shape index (κ2) is 7.78. The van der Waals surface area contributed by atoms with Gasteiger partial charge in [0.2, 0.25) is 0 Å². The third-order valence-electron chi connectivity index (χ3n) is 3.45. The third kappa shape index (κ3) is 4.71. The highest BCUT2D eigenvalue weighted by molar-refractivity contribution is 7.98. The predicted octanol–water partition coefficient (Wildman–Crippen LogP) is 2.93. The Morgan fingerprint density at radius 1 is 1.37 bits per heavy atom. The number of amides is 1. The van der Waals surface area contributed by atoms with Crippen LogP contribution in [-0.4, -0.2) is 24.2 Å². The van der Waals surface area contributed by atoms with Crippen molar-refractivity contribution in [3.05, 3.63) is 29.8 Å². The van der Waals surface area contributed by atoms with Crippen LogP contribution in [0.4, 0.5) is 0 Å². The first-order chi connectivity index (χ1) is 8.42. The molecule has 0 aliphatic carbocycles. The Morgan fingerprint density at radius 3 is 2.26 bits per heavy atom. The highest BCUT2D eigenvalue weighted by atomic mass is 35.5. The summed E-state index contributed by atoms with van der Waals surface area (Å²) in [6.07, 6.45) is 2.01. The molecular formula is C14H23ClN2OS. The van der Waals surface area contributed by atoms with Crippen molar-refractivity contribution in [2.45, 2.75) is 31.2 Å². The molecule has 0 bridgehead atoms. The van der Waals surface area contributed by atoms with Crippen molar-refractivity contribution >= 4 is 30.1 Å². The van der Waals surface area contributed by atoms with Gasteiger partial charge in [-0.3, -0.25) is 4.79 Å². The average Bonchev–Trinajstić information content (AvgIpc) is 2.38. The van der Waals surface area contributed by atoms with Gasteiger partial charge in [0, 0.05) is 17.0 Å². The van der Waals surface area contributed by atoms with Crippen LogP contribution < -0.4 is 11.1 Å². The minimum Gasteiger partial charge on any atom is -0.345 e. The Balaban J connectivity index is 0.00000324. The van der Waals surface area contributed by atoms with Crippen LogP contribution in [0.2, 0.25) is 0 Å². The van der Waals surface area contributed by atoms with Crippen molar-refractivity contribution in [1.29, 1.82) is 0 Å². The number of carbonyl (C=O) groups excluding carboxylic acids is 1. The molecule has 0 fully saturated rings. The van der Waals surface area contributed by atoms with E-state index in [4.69, 9.17) is 5.73 Å². The second-order valence-corrected chi connectivity index (χ2v) is 5.84. The van der Waals surface area contributed by atoms with Gasteiger partial charge in [-0.15, -0.1) is 24.2 Å². The summed E-state index contributed by atoms with van der Waals surface area (Å²) >= 11 is 1.66. The number of halogens is 1. The molecule has 1 aromatic rings. The summed E-state index contributed by atoms with van der Waals surface area (Å²) in [6, 6.07) is 7.60. The van der Waals surface area contributed by atoms with Gasteiger partial charge in [0.1, 0.15) is 0 Å². The van der Waals surface area contributed by atoms with E-state index in [1.165, 1.54) is 0 Å². The van der Waals surface area contributed by atoms with Crippen molar-refractivity contribution < 1.29 is 4.79 Å². The van der Waals surface area contributed by atoms with Crippen LogP contribution in [-0.2, 0) is 0 Å². The lowest BCUT2D eigenvalue weighted by atomic mass is 9.88. The molecular weight excluding hydrogens is 280 g/mol. The van der Waals surface area contributed by atoms with Crippen LogP contribution in [0, 0.1) is 5.92 Å². The molecule has 3 N–H and O–H groups in total. The van der Waals surface area contributed by atoms with Gasteiger partial charge < -0.3 is 11.1 Å². The molecule has 0 radical (unpaired) electrons. The number of rotatable bonds is 5. The lowest BCUT2D eigenvalue weighted by molar-refractivity contribution is 0.0883. The van der Waals surface area contributed by atoms with Crippen LogP contribution in [0.15, 0.2) is 29.2 Å². The number of carbonyl (C=O) groups is 1. The fraction of sp³-hybridized carbons (Fsp3) is 0.500. The molecule has 0 heterocycles. The smallest absolute Gasteiger partial charge is 0.251 e. The molecule has 0 saturated carbocycles. The van der Waals surface area contributed by atoms with Gasteiger partial charge in [-0.1, -0.05) is 13.8 Å². The molecule has 1 atom stereocenters. The minimum atomic E-state index is -0.366. The maximum atomic E-state index is 12.1. The Hall–Kier alpha value is -0.710. The van der Waals surface area contributed by atoms with Gasteiger partial charge in [-0.05, 0) is 43.4 Å². The predicted molar refractivity (Wildman–Crippen MR) is 85.2 cm³/mol. The first-order valence-electron chi connectivity index (χ1n) is 6.09. The Morgan fingerprint density at radius 2 is 1.89 bits per heavy atom. The summed E-state index contributed by atoms with van der Waals surface area (Å²) in [5, 5.41) is 3.03. The maximum absolute atomic E-state index is 12.1. The largest absolute Gasteiger partial charge is 0.345 e. The van der Waals surface area contributed by atoms with Gasteiger partial charge >= 0.3 is 0 Å². The Kier molecular flexibility index (Phi) is 7.49. The highest BCUT2D eigenvalue weighted by Gasteiger charge is 2.28. The Labute approximate surface area is 126 Å². The summed E-state index contributed by atoms with van der Waals surface area (Å²) in [5.41, 5.74) is 6.07. The molecule has 0 saturated heterocycles. The van der Waals surface area contributed by atoms with Crippen LogP contribution in [0.1, 0.15) is 31.1 Å². The van der Waals surface area contributed by atoms with Crippen LogP contribution in [0.3, 0.4) is 0 Å². The first kappa shape index (κ1) is 18.3. The van der Waals surface area contributed by atoms with E-state index in [0.717, 1.165) is 4.90 Å². The van der Waals surface area contributed by atoms with Crippen molar-refractivity contribution in [2.24, 2.45) is 11.7 Å². The highest BCUT2D eigenvalue weighted by Crippen LogP contribution is 2.18. The van der Waals surface area contributed by atoms with Crippen molar-refractivity contribution in [3.63, 3.8) is 0 Å². The zero-order valence-corrected chi connectivity index (χ0v) is 13.5. The van der Waals surface area contributed by atoms with E-state index in [1.54, 1.807) is 11.8 Å². The molecule has 1 aromatic carbocycles. The third-order valence-corrected chi connectivity index (χ3v) is 4.19. The topological polar surface area (TPSA) is 55.1 Å². The number of hydrogen-bond acceptors (Lipinski definition) is 3. The van der Waals surface area contributed by atoms with Gasteiger partial charge in [0.15, 0.2) is 0 Å². The summed E-state index contributed by atoms with van der Waals surface area (Å²) in [5.74, 6) is 0.223. The van der Waals surface area contributed by atoms with E-state index in [0.29, 0.717) is 12.1 Å². The van der Waals surface area contributed by atoms with Crippen molar-refractivity contribution in [3.8, 4) is 0 Å². The van der Waals surface area contributed by atoms with Crippen molar-refractivity contribution in [1.82, 2.24) is 5.32 Å². The Bertz CT molecular complexity index is 408. The van der Waals surface area contributed by atoms with Gasteiger partial charge in [-0.25, -0.2) is 0 Å². The fourth-order valence-corrected chi connectivity index (χ4v) is 1.91. The molecule has 19 heavy (non-hydrogen) atoms. The molecule has 0 spiro atoms. The first-order valence-corrected chi connectivity index (χ1v) is 7.32. The van der Waals surface area contributed by atoms with Crippen LogP contribution in [0.5, 0.6) is 0 Å². The van der Waals surface area contributed by atoms with Crippen LogP contribution >= 0.6 is 24.2 Å². The molecule has 0 aromatic heterocycles. The summed E-state index contributed by atoms with van der Waals surface area (Å²) in [4.78, 5) is 13.3. The lowest BCUT2D eigenvalue weighted by Crippen LogP contribution is -2.55. The fourth-order valence-electron chi connectivity index (χ4n) is 1.50. The average molecular weight is 303 g/mol. The molecule has 3 nitrogen and oxygen atoms in total. The number of nitrogens with one attached hydrogen (secondary N) is 1. The molecule has 1 rings (SSSR count). The van der Waals surface area contributed by atoms with Crippen molar-refractivity contribution in [2.75, 3.05) is 12.8 Å². The summed E-state index contributed by atoms with van der Waals surface area (Å²) in [6.45, 7) is 6.53. The maximum Gasteiger partial charge on any atom is 0.251 e. The number of hydrogen-bond donors (Lipinski definition) is 2. The second-order valence-electron chi connectivity index (χ2n) is 4.96. The van der Waals surface area contributed by atoms with E-state index in [-0.39, 0.29) is 29.8 Å². The molecule has 5 heteroatoms. The summed E-state index contributed by atoms with van der Waals surface area (Å²) < 4.78 is 0. The van der Waals surface area contributed by atoms with Gasteiger partial charge in [-0.2, -0.15) is 0 Å². The van der Waals surface area contributed by atoms with Crippen LogP contribution in [0.25, 0.3) is 0 Å². The molecule has 1 unspecified atom stereocenters. The SMILES string of the molecule is CSc1ccc(C(=O)NC(C)(CN)C(C)C)cc1.Cl. The number of benzene rings is 1. The molecule has 0 aliphatic rings. The molecule has 0 aliphatic heterocycles. The number of thioether (sulfide) groups is 1. The number of nitrogens with two attached hydrogens (primary N) is 1. The van der Waals surface area contributed by atoms with Gasteiger partial charge in [0.05, 0.1) is 5.54 Å². The normalized spacial score (nSPS) is 13.6. The van der Waals surface area contributed by atoms with Gasteiger partial charge in [0.25, 0.3) is 5.91 Å². The minimum absolute atomic E-state index is 0. The zero-order chi connectivity index (χ0) is 13.8. The summed E-state index contributed by atoms with van der Waals surface area (Å²) in [7, 11) is 0. The van der Waals surface area contributed by atoms with E-state index in [1.807, 2.05) is 37.4 Å². The van der Waals surface area contributed by atoms with E-state index < -0.39 is 0 Å². The lowest BCUT2D eigenvalue weighted by Gasteiger charge is -2.33.